The van der Waals surface area contributed by atoms with Crippen molar-refractivity contribution in [3.63, 3.8) is 0 Å². The lowest BCUT2D eigenvalue weighted by molar-refractivity contribution is 0.0948. The van der Waals surface area contributed by atoms with Crippen LogP contribution in [0.1, 0.15) is 40.7 Å². The number of sulfonamides is 1. The Morgan fingerprint density at radius 1 is 1.10 bits per heavy atom. The highest BCUT2D eigenvalue weighted by Crippen LogP contribution is 2.21. The summed E-state index contributed by atoms with van der Waals surface area (Å²) in [7, 11) is -1.65. The number of aryl methyl sites for hydroxylation is 2. The van der Waals surface area contributed by atoms with E-state index < -0.39 is 10.0 Å². The summed E-state index contributed by atoms with van der Waals surface area (Å²) in [6.45, 7) is 6.52. The van der Waals surface area contributed by atoms with E-state index in [1.54, 1.807) is 24.3 Å². The molecule has 2 N–H and O–H groups in total. The molecule has 0 atom stereocenters. The molecule has 7 heteroatoms. The zero-order valence-electron chi connectivity index (χ0n) is 17.9. The molecule has 0 unspecified atom stereocenters. The first kappa shape index (κ1) is 22.3. The Labute approximate surface area is 179 Å². The molecule has 0 aliphatic carbocycles. The molecular weight excluding hydrogens is 398 g/mol. The van der Waals surface area contributed by atoms with Crippen LogP contribution in [0.15, 0.2) is 47.4 Å². The van der Waals surface area contributed by atoms with Gasteiger partial charge >= 0.3 is 0 Å². The first-order valence-corrected chi connectivity index (χ1v) is 11.9. The monoisotopic (exact) mass is 429 g/mol. The Kier molecular flexibility index (Phi) is 7.15. The van der Waals surface area contributed by atoms with Gasteiger partial charge in [-0.05, 0) is 94.6 Å². The number of hydrogen-bond acceptors (Lipinski definition) is 4. The number of rotatable bonds is 7. The molecule has 0 bridgehead atoms. The third-order valence-corrected chi connectivity index (χ3v) is 7.09. The molecule has 1 amide bonds. The van der Waals surface area contributed by atoms with Crippen LogP contribution in [0.4, 0.5) is 5.69 Å². The third kappa shape index (κ3) is 5.83. The van der Waals surface area contributed by atoms with E-state index in [1.165, 1.54) is 12.1 Å². The minimum absolute atomic E-state index is 0.0788. The van der Waals surface area contributed by atoms with Gasteiger partial charge in [0.2, 0.25) is 0 Å². The van der Waals surface area contributed by atoms with Crippen LogP contribution in [0.3, 0.4) is 0 Å². The van der Waals surface area contributed by atoms with Crippen molar-refractivity contribution in [2.45, 2.75) is 38.0 Å². The summed E-state index contributed by atoms with van der Waals surface area (Å²) in [5.41, 5.74) is 2.61. The fourth-order valence-electron chi connectivity index (χ4n) is 3.77. The maximum atomic E-state index is 12.8. The molecule has 1 fully saturated rings. The van der Waals surface area contributed by atoms with Crippen molar-refractivity contribution in [2.75, 3.05) is 31.4 Å². The predicted octanol–water partition coefficient (Wildman–Crippen LogP) is 3.57. The number of carbonyl (C=O) groups is 1. The Morgan fingerprint density at radius 3 is 2.53 bits per heavy atom. The van der Waals surface area contributed by atoms with Gasteiger partial charge in [-0.2, -0.15) is 0 Å². The summed E-state index contributed by atoms with van der Waals surface area (Å²) < 4.78 is 28.2. The van der Waals surface area contributed by atoms with Crippen molar-refractivity contribution in [2.24, 2.45) is 5.92 Å². The molecule has 0 saturated carbocycles. The van der Waals surface area contributed by atoms with E-state index in [0.29, 0.717) is 23.7 Å². The van der Waals surface area contributed by atoms with E-state index >= 15 is 0 Å². The first-order chi connectivity index (χ1) is 14.2. The van der Waals surface area contributed by atoms with Crippen molar-refractivity contribution < 1.29 is 13.2 Å². The molecule has 1 heterocycles. The van der Waals surface area contributed by atoms with Gasteiger partial charge in [0.15, 0.2) is 0 Å². The highest BCUT2D eigenvalue weighted by molar-refractivity contribution is 7.92. The van der Waals surface area contributed by atoms with Crippen LogP contribution in [0.5, 0.6) is 0 Å². The average Bonchev–Trinajstić information content (AvgIpc) is 2.69. The number of hydrogen-bond donors (Lipinski definition) is 2. The summed E-state index contributed by atoms with van der Waals surface area (Å²) >= 11 is 0. The Bertz CT molecular complexity index is 997. The van der Waals surface area contributed by atoms with Crippen LogP contribution < -0.4 is 10.0 Å². The number of nitrogens with zero attached hydrogens (tertiary/aromatic N) is 1. The van der Waals surface area contributed by atoms with Crippen LogP contribution in [0, 0.1) is 19.8 Å². The fourth-order valence-corrected chi connectivity index (χ4v) is 4.85. The molecule has 0 aromatic heterocycles. The summed E-state index contributed by atoms with van der Waals surface area (Å²) in [6.07, 6.45) is 3.26. The third-order valence-electron chi connectivity index (χ3n) is 5.71. The maximum Gasteiger partial charge on any atom is 0.261 e. The van der Waals surface area contributed by atoms with Crippen LogP contribution >= 0.6 is 0 Å². The number of piperidine rings is 1. The number of likely N-dealkylation sites (tertiary alicyclic amines) is 1. The molecule has 2 aromatic carbocycles. The van der Waals surface area contributed by atoms with Crippen molar-refractivity contribution >= 4 is 21.6 Å². The van der Waals surface area contributed by atoms with E-state index in [9.17, 15) is 13.2 Å². The van der Waals surface area contributed by atoms with Crippen molar-refractivity contribution in [1.82, 2.24) is 10.2 Å². The molecule has 0 radical (unpaired) electrons. The van der Waals surface area contributed by atoms with Crippen molar-refractivity contribution in [3.8, 4) is 0 Å². The van der Waals surface area contributed by atoms with E-state index in [-0.39, 0.29) is 10.8 Å². The van der Waals surface area contributed by atoms with E-state index in [0.717, 1.165) is 43.5 Å². The highest BCUT2D eigenvalue weighted by Gasteiger charge is 2.20. The van der Waals surface area contributed by atoms with Crippen molar-refractivity contribution in [1.29, 1.82) is 0 Å². The molecule has 162 valence electrons. The van der Waals surface area contributed by atoms with Gasteiger partial charge in [0.25, 0.3) is 15.9 Å². The summed E-state index contributed by atoms with van der Waals surface area (Å²) in [4.78, 5) is 15.1. The second kappa shape index (κ2) is 9.62. The summed E-state index contributed by atoms with van der Waals surface area (Å²) in [5.74, 6) is 0.404. The lowest BCUT2D eigenvalue weighted by Crippen LogP contribution is -2.33. The second-order valence-corrected chi connectivity index (χ2v) is 9.93. The summed E-state index contributed by atoms with van der Waals surface area (Å²) in [5, 5.41) is 2.97. The van der Waals surface area contributed by atoms with Gasteiger partial charge in [0.1, 0.15) is 0 Å². The Morgan fingerprint density at radius 2 is 1.83 bits per heavy atom. The van der Waals surface area contributed by atoms with Gasteiger partial charge in [-0.1, -0.05) is 18.2 Å². The van der Waals surface area contributed by atoms with Gasteiger partial charge < -0.3 is 10.2 Å². The normalized spacial score (nSPS) is 15.7. The lowest BCUT2D eigenvalue weighted by Gasteiger charge is -2.28. The van der Waals surface area contributed by atoms with Gasteiger partial charge in [0, 0.05) is 17.8 Å². The zero-order valence-corrected chi connectivity index (χ0v) is 18.8. The summed E-state index contributed by atoms with van der Waals surface area (Å²) in [6, 6.07) is 11.8. The number of anilines is 1. The molecule has 30 heavy (non-hydrogen) atoms. The number of nitrogens with one attached hydrogen (secondary N) is 2. The van der Waals surface area contributed by atoms with Gasteiger partial charge in [0.05, 0.1) is 4.90 Å². The Balaban J connectivity index is 1.65. The van der Waals surface area contributed by atoms with Crippen LogP contribution in [0.2, 0.25) is 0 Å². The van der Waals surface area contributed by atoms with Crippen molar-refractivity contribution in [3.05, 3.63) is 59.2 Å². The predicted molar refractivity (Wildman–Crippen MR) is 120 cm³/mol. The van der Waals surface area contributed by atoms with Crippen LogP contribution in [-0.4, -0.2) is 45.9 Å². The molecule has 0 spiro atoms. The number of amides is 1. The van der Waals surface area contributed by atoms with E-state index in [4.69, 9.17) is 0 Å². The lowest BCUT2D eigenvalue weighted by atomic mass is 9.94. The highest BCUT2D eigenvalue weighted by atomic mass is 32.2. The number of carbonyl (C=O) groups excluding carboxylic acids is 1. The minimum atomic E-state index is -3.78. The smallest absolute Gasteiger partial charge is 0.261 e. The first-order valence-electron chi connectivity index (χ1n) is 10.4. The Hall–Kier alpha value is -2.38. The van der Waals surface area contributed by atoms with E-state index in [2.05, 4.69) is 22.0 Å². The molecule has 1 saturated heterocycles. The second-order valence-electron chi connectivity index (χ2n) is 8.24. The molecule has 3 rings (SSSR count). The van der Waals surface area contributed by atoms with Gasteiger partial charge in [-0.3, -0.25) is 9.52 Å². The standard InChI is InChI=1S/C23H31N3O3S/c1-17-5-4-6-20(15-17)25-30(28,29)21-8-7-18(2)22(16-21)23(27)24-12-9-19-10-13-26(3)14-11-19/h4-8,15-16,19,25H,9-14H2,1-3H3,(H,24,27). The van der Waals surface area contributed by atoms with Crippen LogP contribution in [-0.2, 0) is 10.0 Å². The zero-order chi connectivity index (χ0) is 21.7. The van der Waals surface area contributed by atoms with Gasteiger partial charge in [-0.15, -0.1) is 0 Å². The SMILES string of the molecule is Cc1cccc(NS(=O)(=O)c2ccc(C)c(C(=O)NCCC3CCN(C)CC3)c2)c1. The molecule has 2 aromatic rings. The van der Waals surface area contributed by atoms with E-state index in [1.807, 2.05) is 19.9 Å². The topological polar surface area (TPSA) is 78.5 Å². The van der Waals surface area contributed by atoms with Crippen LogP contribution in [0.25, 0.3) is 0 Å². The maximum absolute atomic E-state index is 12.8. The average molecular weight is 430 g/mol. The number of benzene rings is 2. The minimum Gasteiger partial charge on any atom is -0.352 e. The quantitative estimate of drug-likeness (QED) is 0.705. The van der Waals surface area contributed by atoms with Gasteiger partial charge in [-0.25, -0.2) is 8.42 Å². The molecule has 1 aliphatic rings. The molecule has 1 aliphatic heterocycles. The largest absolute Gasteiger partial charge is 0.352 e. The molecular formula is C23H31N3O3S. The molecule has 6 nitrogen and oxygen atoms in total. The fraction of sp³-hybridized carbons (Fsp3) is 0.435.